The van der Waals surface area contributed by atoms with Gasteiger partial charge in [-0.05, 0) is 6.42 Å². The van der Waals surface area contributed by atoms with Crippen LogP contribution in [0.2, 0.25) is 5.15 Å². The second-order valence-electron chi connectivity index (χ2n) is 2.50. The molecule has 1 rings (SSSR count). The molecule has 1 unspecified atom stereocenters. The van der Waals surface area contributed by atoms with E-state index in [1.807, 2.05) is 6.92 Å². The van der Waals surface area contributed by atoms with Crippen LogP contribution in [0.1, 0.15) is 13.3 Å². The number of rotatable bonds is 3. The Morgan fingerprint density at radius 3 is 3.00 bits per heavy atom. The topological polar surface area (TPSA) is 37.8 Å². The number of aromatic nitrogens is 2. The Morgan fingerprint density at radius 1 is 1.69 bits per heavy atom. The summed E-state index contributed by atoms with van der Waals surface area (Å²) in [6.45, 7) is 2.00. The number of anilines is 1. The number of hydrogen-bond acceptors (Lipinski definition) is 3. The van der Waals surface area contributed by atoms with Crippen LogP contribution < -0.4 is 5.32 Å². The highest BCUT2D eigenvalue weighted by molar-refractivity contribution is 6.29. The Morgan fingerprint density at radius 2 is 2.46 bits per heavy atom. The average molecular weight is 196 g/mol. The van der Waals surface area contributed by atoms with Crippen LogP contribution in [-0.2, 0) is 0 Å². The van der Waals surface area contributed by atoms with Crippen molar-refractivity contribution in [1.29, 1.82) is 0 Å². The minimum atomic E-state index is -0.0206. The van der Waals surface area contributed by atoms with E-state index in [1.165, 1.54) is 6.20 Å². The number of hydrogen-bond donors (Lipinski definition) is 1. The van der Waals surface area contributed by atoms with Gasteiger partial charge in [0.15, 0.2) is 0 Å². The van der Waals surface area contributed by atoms with Gasteiger partial charge >= 0.3 is 0 Å². The molecule has 4 heteroatoms. The molecule has 0 saturated heterocycles. The van der Waals surface area contributed by atoms with Gasteiger partial charge in [-0.2, -0.15) is 0 Å². The summed E-state index contributed by atoms with van der Waals surface area (Å²) in [6.07, 6.45) is 9.18. The summed E-state index contributed by atoms with van der Waals surface area (Å²) in [4.78, 5) is 7.89. The van der Waals surface area contributed by atoms with Crippen molar-refractivity contribution in [1.82, 2.24) is 9.97 Å². The van der Waals surface area contributed by atoms with Crippen LogP contribution in [0, 0.1) is 12.3 Å². The van der Waals surface area contributed by atoms with E-state index in [4.69, 9.17) is 18.0 Å². The van der Waals surface area contributed by atoms with Crippen molar-refractivity contribution >= 4 is 17.4 Å². The molecule has 0 aliphatic heterocycles. The predicted molar refractivity (Wildman–Crippen MR) is 53.6 cm³/mol. The van der Waals surface area contributed by atoms with Gasteiger partial charge < -0.3 is 5.32 Å². The largest absolute Gasteiger partial charge is 0.355 e. The summed E-state index contributed by atoms with van der Waals surface area (Å²) in [7, 11) is 0. The van der Waals surface area contributed by atoms with Gasteiger partial charge in [0.05, 0.1) is 18.4 Å². The lowest BCUT2D eigenvalue weighted by molar-refractivity contribution is 0.849. The zero-order valence-electron chi connectivity index (χ0n) is 7.29. The number of nitrogens with zero attached hydrogens (tertiary/aromatic N) is 2. The minimum Gasteiger partial charge on any atom is -0.355 e. The molecule has 0 spiro atoms. The molecule has 0 aliphatic carbocycles. The minimum absolute atomic E-state index is 0.0206. The Hall–Kier alpha value is -1.27. The van der Waals surface area contributed by atoms with E-state index in [-0.39, 0.29) is 6.04 Å². The standard InChI is InChI=1S/C9H10ClN3/c1-3-7(4-2)12-9-6-11-5-8(10)13-9/h1,5-7H,4H2,2H3,(H,12,13). The van der Waals surface area contributed by atoms with Crippen molar-refractivity contribution in [3.8, 4) is 12.3 Å². The van der Waals surface area contributed by atoms with E-state index in [2.05, 4.69) is 21.2 Å². The smallest absolute Gasteiger partial charge is 0.149 e. The molecule has 0 fully saturated rings. The number of halogens is 1. The first-order valence-electron chi connectivity index (χ1n) is 3.96. The molecule has 3 nitrogen and oxygen atoms in total. The highest BCUT2D eigenvalue weighted by atomic mass is 35.5. The summed E-state index contributed by atoms with van der Waals surface area (Å²) in [6, 6.07) is -0.0206. The van der Waals surface area contributed by atoms with Gasteiger partial charge in [-0.1, -0.05) is 24.4 Å². The van der Waals surface area contributed by atoms with E-state index in [0.29, 0.717) is 11.0 Å². The van der Waals surface area contributed by atoms with Crippen LogP contribution in [-0.4, -0.2) is 16.0 Å². The molecule has 0 aliphatic rings. The average Bonchev–Trinajstić information content (AvgIpc) is 2.14. The van der Waals surface area contributed by atoms with Crippen molar-refractivity contribution in [3.63, 3.8) is 0 Å². The molecule has 0 aromatic carbocycles. The molecule has 0 saturated carbocycles. The molecule has 0 amide bonds. The Labute approximate surface area is 82.5 Å². The molecular weight excluding hydrogens is 186 g/mol. The van der Waals surface area contributed by atoms with Crippen LogP contribution in [0.4, 0.5) is 5.82 Å². The third kappa shape index (κ3) is 2.92. The Kier molecular flexibility index (Phi) is 3.53. The third-order valence-electron chi connectivity index (χ3n) is 1.54. The molecule has 1 heterocycles. The fraction of sp³-hybridized carbons (Fsp3) is 0.333. The number of terminal acetylenes is 1. The highest BCUT2D eigenvalue weighted by Gasteiger charge is 2.02. The maximum absolute atomic E-state index is 5.65. The second-order valence-corrected chi connectivity index (χ2v) is 2.89. The van der Waals surface area contributed by atoms with Gasteiger partial charge in [-0.25, -0.2) is 4.98 Å². The molecular formula is C9H10ClN3. The molecule has 13 heavy (non-hydrogen) atoms. The summed E-state index contributed by atoms with van der Waals surface area (Å²) >= 11 is 5.65. The number of nitrogens with one attached hydrogen (secondary N) is 1. The monoisotopic (exact) mass is 195 g/mol. The SMILES string of the molecule is C#CC(CC)Nc1cncc(Cl)n1. The fourth-order valence-electron chi connectivity index (χ4n) is 0.852. The highest BCUT2D eigenvalue weighted by Crippen LogP contribution is 2.08. The third-order valence-corrected chi connectivity index (χ3v) is 1.72. The molecule has 0 bridgehead atoms. The normalized spacial score (nSPS) is 11.8. The first kappa shape index (κ1) is 9.82. The first-order valence-corrected chi connectivity index (χ1v) is 4.34. The first-order chi connectivity index (χ1) is 6.26. The lowest BCUT2D eigenvalue weighted by Gasteiger charge is -2.10. The van der Waals surface area contributed by atoms with Crippen molar-refractivity contribution in [2.45, 2.75) is 19.4 Å². The summed E-state index contributed by atoms with van der Waals surface area (Å²) in [5, 5.41) is 3.38. The molecule has 0 radical (unpaired) electrons. The molecule has 1 aromatic rings. The Bertz CT molecular complexity index is 319. The molecule has 1 aromatic heterocycles. The lowest BCUT2D eigenvalue weighted by atomic mass is 10.2. The van der Waals surface area contributed by atoms with Gasteiger partial charge in [0.1, 0.15) is 11.0 Å². The molecule has 68 valence electrons. The van der Waals surface area contributed by atoms with Gasteiger partial charge in [0, 0.05) is 0 Å². The van der Waals surface area contributed by atoms with Gasteiger partial charge in [-0.15, -0.1) is 6.42 Å². The zero-order chi connectivity index (χ0) is 9.68. The summed E-state index contributed by atoms with van der Waals surface area (Å²) in [5.74, 6) is 3.21. The van der Waals surface area contributed by atoms with Crippen molar-refractivity contribution in [2.24, 2.45) is 0 Å². The zero-order valence-corrected chi connectivity index (χ0v) is 8.04. The van der Waals surface area contributed by atoms with Crippen LogP contribution in [0.5, 0.6) is 0 Å². The van der Waals surface area contributed by atoms with E-state index in [9.17, 15) is 0 Å². The molecule has 1 N–H and O–H groups in total. The van der Waals surface area contributed by atoms with Gasteiger partial charge in [0.25, 0.3) is 0 Å². The molecule has 1 atom stereocenters. The van der Waals surface area contributed by atoms with E-state index < -0.39 is 0 Å². The van der Waals surface area contributed by atoms with Crippen LogP contribution in [0.3, 0.4) is 0 Å². The van der Waals surface area contributed by atoms with Crippen LogP contribution in [0.25, 0.3) is 0 Å². The van der Waals surface area contributed by atoms with Crippen molar-refractivity contribution in [2.75, 3.05) is 5.32 Å². The maximum Gasteiger partial charge on any atom is 0.149 e. The second kappa shape index (κ2) is 4.68. The summed E-state index contributed by atoms with van der Waals surface area (Å²) < 4.78 is 0. The van der Waals surface area contributed by atoms with Gasteiger partial charge in [-0.3, -0.25) is 4.98 Å². The van der Waals surface area contributed by atoms with Crippen LogP contribution in [0.15, 0.2) is 12.4 Å². The van der Waals surface area contributed by atoms with E-state index >= 15 is 0 Å². The van der Waals surface area contributed by atoms with Gasteiger partial charge in [0.2, 0.25) is 0 Å². The summed E-state index contributed by atoms with van der Waals surface area (Å²) in [5.41, 5.74) is 0. The predicted octanol–water partition coefficient (Wildman–Crippen LogP) is 1.95. The quantitative estimate of drug-likeness (QED) is 0.750. The van der Waals surface area contributed by atoms with Crippen LogP contribution >= 0.6 is 11.6 Å². The van der Waals surface area contributed by atoms with E-state index in [1.54, 1.807) is 6.20 Å². The Balaban J connectivity index is 2.69. The van der Waals surface area contributed by atoms with Crippen molar-refractivity contribution < 1.29 is 0 Å². The lowest BCUT2D eigenvalue weighted by Crippen LogP contribution is -2.16. The maximum atomic E-state index is 5.65. The fourth-order valence-corrected chi connectivity index (χ4v) is 0.999. The van der Waals surface area contributed by atoms with E-state index in [0.717, 1.165) is 6.42 Å². The van der Waals surface area contributed by atoms with Crippen molar-refractivity contribution in [3.05, 3.63) is 17.5 Å².